The first-order valence-corrected chi connectivity index (χ1v) is 5.55. The van der Waals surface area contributed by atoms with Gasteiger partial charge in [-0.25, -0.2) is 0 Å². The van der Waals surface area contributed by atoms with E-state index in [0.29, 0.717) is 17.8 Å². The van der Waals surface area contributed by atoms with Crippen LogP contribution in [-0.4, -0.2) is 19.8 Å². The van der Waals surface area contributed by atoms with Gasteiger partial charge in [-0.2, -0.15) is 0 Å². The summed E-state index contributed by atoms with van der Waals surface area (Å²) in [5.74, 6) is 0.986. The van der Waals surface area contributed by atoms with Crippen molar-refractivity contribution < 1.29 is 41.2 Å². The summed E-state index contributed by atoms with van der Waals surface area (Å²) < 4.78 is 0. The molecule has 4 heteroatoms. The number of hydrogen-bond acceptors (Lipinski definition) is 3. The topological polar surface area (TPSA) is 69.2 Å². The van der Waals surface area contributed by atoms with Crippen molar-refractivity contribution in [3.05, 3.63) is 0 Å². The van der Waals surface area contributed by atoms with Crippen LogP contribution in [0.1, 0.15) is 41.5 Å². The summed E-state index contributed by atoms with van der Waals surface area (Å²) in [6, 6.07) is 0. The van der Waals surface area contributed by atoms with Crippen LogP contribution in [0.25, 0.3) is 0 Å². The van der Waals surface area contributed by atoms with E-state index >= 15 is 0 Å². The van der Waals surface area contributed by atoms with Crippen LogP contribution in [-0.2, 0) is 25.8 Å². The van der Waals surface area contributed by atoms with E-state index in [9.17, 15) is 15.3 Å². The maximum Gasteiger partial charge on any atom is 3.00 e. The van der Waals surface area contributed by atoms with Crippen molar-refractivity contribution >= 4 is 0 Å². The van der Waals surface area contributed by atoms with Crippen molar-refractivity contribution in [2.75, 3.05) is 19.8 Å². The molecule has 0 rings (SSSR count). The van der Waals surface area contributed by atoms with Crippen LogP contribution in [0.15, 0.2) is 0 Å². The number of rotatable bonds is 3. The first-order chi connectivity index (χ1) is 6.81. The van der Waals surface area contributed by atoms with E-state index < -0.39 is 0 Å². The predicted molar refractivity (Wildman–Crippen MR) is 59.1 cm³/mol. The summed E-state index contributed by atoms with van der Waals surface area (Å²) in [7, 11) is 0. The van der Waals surface area contributed by atoms with Crippen LogP contribution in [0.4, 0.5) is 0 Å². The summed E-state index contributed by atoms with van der Waals surface area (Å²) >= 11 is 0. The molecule has 0 heterocycles. The second-order valence-electron chi connectivity index (χ2n) is 4.68. The molecule has 0 amide bonds. The van der Waals surface area contributed by atoms with Gasteiger partial charge in [0.05, 0.1) is 0 Å². The fraction of sp³-hybridized carbons (Fsp3) is 1.00. The van der Waals surface area contributed by atoms with E-state index in [4.69, 9.17) is 0 Å². The van der Waals surface area contributed by atoms with Crippen molar-refractivity contribution in [3.63, 3.8) is 0 Å². The van der Waals surface area contributed by atoms with Crippen LogP contribution < -0.4 is 15.3 Å². The predicted octanol–water partition coefficient (Wildman–Crippen LogP) is 0.00560. The molecule has 0 spiro atoms. The average molecular weight is 264 g/mol. The molecule has 0 bridgehead atoms. The second kappa shape index (κ2) is 21.1. The zero-order valence-corrected chi connectivity index (χ0v) is 13.5. The third-order valence-corrected chi connectivity index (χ3v) is 1.00. The van der Waals surface area contributed by atoms with Crippen LogP contribution in [0.5, 0.6) is 0 Å². The van der Waals surface area contributed by atoms with E-state index in [2.05, 4.69) is 0 Å². The van der Waals surface area contributed by atoms with Crippen molar-refractivity contribution in [2.45, 2.75) is 41.5 Å². The summed E-state index contributed by atoms with van der Waals surface area (Å²) in [4.78, 5) is 0. The molecule has 0 saturated carbocycles. The van der Waals surface area contributed by atoms with Gasteiger partial charge in [-0.05, 0) is 0 Å². The maximum absolute atomic E-state index is 9.63. The monoisotopic (exact) mass is 264 g/mol. The first-order valence-electron chi connectivity index (χ1n) is 5.55. The van der Waals surface area contributed by atoms with E-state index in [1.165, 1.54) is 0 Å². The fourth-order valence-electron chi connectivity index (χ4n) is 0. The van der Waals surface area contributed by atoms with Gasteiger partial charge < -0.3 is 15.3 Å². The Labute approximate surface area is 120 Å². The Morgan fingerprint density at radius 2 is 0.625 bits per heavy atom. The molecule has 0 unspecified atom stereocenters. The van der Waals surface area contributed by atoms with Crippen molar-refractivity contribution in [3.8, 4) is 0 Å². The second-order valence-corrected chi connectivity index (χ2v) is 4.68. The third-order valence-electron chi connectivity index (χ3n) is 1.00. The molecule has 96 valence electrons. The Morgan fingerprint density at radius 1 is 0.562 bits per heavy atom. The molecule has 0 aliphatic heterocycles. The molecule has 0 aromatic heterocycles. The van der Waals surface area contributed by atoms with Crippen LogP contribution in [0, 0.1) is 17.8 Å². The Hall–Kier alpha value is 0.750. The first kappa shape index (κ1) is 25.6. The van der Waals surface area contributed by atoms with Gasteiger partial charge in [-0.1, -0.05) is 59.3 Å². The average Bonchev–Trinajstić information content (AvgIpc) is 2.19. The van der Waals surface area contributed by atoms with Gasteiger partial charge in [0, 0.05) is 0 Å². The van der Waals surface area contributed by atoms with E-state index in [-0.39, 0.29) is 45.7 Å². The Bertz CT molecular complexity index is 77.2. The zero-order chi connectivity index (χ0) is 12.9. The van der Waals surface area contributed by atoms with Gasteiger partial charge >= 0.3 is 25.8 Å². The van der Waals surface area contributed by atoms with Crippen molar-refractivity contribution in [1.82, 2.24) is 0 Å². The van der Waals surface area contributed by atoms with Gasteiger partial charge in [0.2, 0.25) is 0 Å². The summed E-state index contributed by atoms with van der Waals surface area (Å²) in [5, 5.41) is 28.9. The van der Waals surface area contributed by atoms with Gasteiger partial charge in [0.15, 0.2) is 0 Å². The quantitative estimate of drug-likeness (QED) is 0.721. The van der Waals surface area contributed by atoms with Crippen LogP contribution >= 0.6 is 0 Å². The van der Waals surface area contributed by atoms with E-state index in [0.717, 1.165) is 0 Å². The molecular formula is C12H27O3Sc. The largest absolute Gasteiger partial charge is 3.00 e. The van der Waals surface area contributed by atoms with E-state index in [1.54, 1.807) is 0 Å². The minimum atomic E-state index is 0. The molecule has 0 aromatic rings. The molecule has 0 aliphatic carbocycles. The summed E-state index contributed by atoms with van der Waals surface area (Å²) in [6.07, 6.45) is 0. The molecular weight excluding hydrogens is 237 g/mol. The Kier molecular flexibility index (Phi) is 33.7. The molecule has 0 aromatic carbocycles. The zero-order valence-electron chi connectivity index (χ0n) is 11.7. The smallest absolute Gasteiger partial charge is 0.854 e. The van der Waals surface area contributed by atoms with Crippen molar-refractivity contribution in [1.29, 1.82) is 0 Å². The minimum absolute atomic E-state index is 0. The Balaban J connectivity index is -0.0000000655. The maximum atomic E-state index is 9.63. The molecule has 0 N–H and O–H groups in total. The van der Waals surface area contributed by atoms with Crippen molar-refractivity contribution in [2.24, 2.45) is 17.8 Å². The molecule has 0 atom stereocenters. The fourth-order valence-corrected chi connectivity index (χ4v) is 0. The third kappa shape index (κ3) is 61.2. The normalized spacial score (nSPS) is 9.00. The standard InChI is InChI=1S/3C4H9O.Sc/c3*1-4(2)3-5;/h3*4H,3H2,1-2H3;/q3*-1;+3. The summed E-state index contributed by atoms with van der Waals surface area (Å²) in [5.41, 5.74) is 0. The molecule has 0 fully saturated rings. The molecule has 0 saturated heterocycles. The molecule has 16 heavy (non-hydrogen) atoms. The molecule has 3 nitrogen and oxygen atoms in total. The van der Waals surface area contributed by atoms with Crippen LogP contribution in [0.3, 0.4) is 0 Å². The number of hydrogen-bond donors (Lipinski definition) is 0. The van der Waals surface area contributed by atoms with Gasteiger partial charge in [-0.15, -0.1) is 19.8 Å². The SMILES string of the molecule is CC(C)C[O-].CC(C)C[O-].CC(C)C[O-].[Sc+3]. The van der Waals surface area contributed by atoms with E-state index in [1.807, 2.05) is 41.5 Å². The minimum Gasteiger partial charge on any atom is -0.854 e. The van der Waals surface area contributed by atoms with Gasteiger partial charge in [0.1, 0.15) is 0 Å². The summed E-state index contributed by atoms with van der Waals surface area (Å²) in [6.45, 7) is 11.6. The molecule has 0 aliphatic rings. The molecule has 0 radical (unpaired) electrons. The van der Waals surface area contributed by atoms with Crippen LogP contribution in [0.2, 0.25) is 0 Å². The Morgan fingerprint density at radius 3 is 0.625 bits per heavy atom. The van der Waals surface area contributed by atoms with Gasteiger partial charge in [-0.3, -0.25) is 0 Å². The van der Waals surface area contributed by atoms with Gasteiger partial charge in [0.25, 0.3) is 0 Å².